The first-order valence-electron chi connectivity index (χ1n) is 5.71. The van der Waals surface area contributed by atoms with Crippen molar-refractivity contribution < 1.29 is 4.79 Å². The molecule has 0 aliphatic carbocycles. The Labute approximate surface area is 109 Å². The van der Waals surface area contributed by atoms with Crippen LogP contribution in [0, 0.1) is 5.92 Å². The number of carbonyl (C=O) groups is 1. The van der Waals surface area contributed by atoms with E-state index < -0.39 is 0 Å². The number of benzene rings is 1. The maximum absolute atomic E-state index is 11.9. The molecule has 0 spiro atoms. The number of anilines is 1. The van der Waals surface area contributed by atoms with Gasteiger partial charge in [-0.05, 0) is 31.0 Å². The summed E-state index contributed by atoms with van der Waals surface area (Å²) >= 11 is 0. The molecule has 1 aromatic carbocycles. The first kappa shape index (κ1) is 15.8. The van der Waals surface area contributed by atoms with Gasteiger partial charge in [0.25, 0.3) is 5.91 Å². The van der Waals surface area contributed by atoms with Crippen LogP contribution in [0.4, 0.5) is 5.69 Å². The predicted octanol–water partition coefficient (Wildman–Crippen LogP) is 2.86. The van der Waals surface area contributed by atoms with E-state index in [0.29, 0.717) is 17.2 Å². The van der Waals surface area contributed by atoms with Gasteiger partial charge in [0.15, 0.2) is 0 Å². The second-order valence-corrected chi connectivity index (χ2v) is 4.27. The summed E-state index contributed by atoms with van der Waals surface area (Å²) in [5.41, 5.74) is 6.87. The number of halogens is 1. The van der Waals surface area contributed by atoms with Gasteiger partial charge in [-0.2, -0.15) is 0 Å². The van der Waals surface area contributed by atoms with Gasteiger partial charge in [-0.15, -0.1) is 12.4 Å². The Bertz CT molecular complexity index is 368. The predicted molar refractivity (Wildman–Crippen MR) is 74.5 cm³/mol. The molecule has 2 atom stereocenters. The molecule has 17 heavy (non-hydrogen) atoms. The molecule has 4 heteroatoms. The van der Waals surface area contributed by atoms with Crippen LogP contribution in [0.1, 0.15) is 37.6 Å². The summed E-state index contributed by atoms with van der Waals surface area (Å²) in [4.78, 5) is 11.9. The summed E-state index contributed by atoms with van der Waals surface area (Å²) in [5.74, 6) is 0.421. The Morgan fingerprint density at radius 1 is 1.41 bits per heavy atom. The lowest BCUT2D eigenvalue weighted by Gasteiger charge is -2.19. The van der Waals surface area contributed by atoms with Crippen molar-refractivity contribution in [1.29, 1.82) is 0 Å². The minimum absolute atomic E-state index is 0. The Kier molecular flexibility index (Phi) is 6.66. The number of hydrogen-bond acceptors (Lipinski definition) is 2. The minimum Gasteiger partial charge on any atom is -0.399 e. The summed E-state index contributed by atoms with van der Waals surface area (Å²) < 4.78 is 0. The van der Waals surface area contributed by atoms with Crippen LogP contribution in [0.5, 0.6) is 0 Å². The van der Waals surface area contributed by atoms with E-state index in [2.05, 4.69) is 19.2 Å². The molecule has 0 saturated carbocycles. The van der Waals surface area contributed by atoms with E-state index >= 15 is 0 Å². The zero-order valence-corrected chi connectivity index (χ0v) is 11.4. The van der Waals surface area contributed by atoms with Crippen LogP contribution in [0.2, 0.25) is 0 Å². The highest BCUT2D eigenvalue weighted by Gasteiger charge is 2.14. The molecule has 0 aliphatic heterocycles. The molecule has 3 nitrogen and oxygen atoms in total. The van der Waals surface area contributed by atoms with Gasteiger partial charge in [0.2, 0.25) is 0 Å². The molecular weight excluding hydrogens is 236 g/mol. The standard InChI is InChI=1S/C13H20N2O.ClH/c1-4-9(2)10(3)15-13(16)11-6-5-7-12(14)8-11;/h5-10H,4,14H2,1-3H3,(H,15,16);1H. The third-order valence-corrected chi connectivity index (χ3v) is 3.01. The highest BCUT2D eigenvalue weighted by molar-refractivity contribution is 5.95. The Hall–Kier alpha value is -1.22. The lowest BCUT2D eigenvalue weighted by Crippen LogP contribution is -2.36. The summed E-state index contributed by atoms with van der Waals surface area (Å²) in [6, 6.07) is 7.21. The van der Waals surface area contributed by atoms with Crippen molar-refractivity contribution in [2.45, 2.75) is 33.2 Å². The van der Waals surface area contributed by atoms with E-state index in [-0.39, 0.29) is 24.4 Å². The summed E-state index contributed by atoms with van der Waals surface area (Å²) in [6.45, 7) is 6.27. The quantitative estimate of drug-likeness (QED) is 0.814. The van der Waals surface area contributed by atoms with Gasteiger partial charge in [-0.25, -0.2) is 0 Å². The average molecular weight is 257 g/mol. The molecular formula is C13H21ClN2O. The molecule has 0 bridgehead atoms. The van der Waals surface area contributed by atoms with Gasteiger partial charge < -0.3 is 11.1 Å². The topological polar surface area (TPSA) is 55.1 Å². The van der Waals surface area contributed by atoms with Crippen LogP contribution >= 0.6 is 12.4 Å². The van der Waals surface area contributed by atoms with Crippen LogP contribution in [-0.2, 0) is 0 Å². The first-order valence-corrected chi connectivity index (χ1v) is 5.71. The monoisotopic (exact) mass is 256 g/mol. The summed E-state index contributed by atoms with van der Waals surface area (Å²) in [7, 11) is 0. The fourth-order valence-corrected chi connectivity index (χ4v) is 1.47. The van der Waals surface area contributed by atoms with Crippen LogP contribution in [0.3, 0.4) is 0 Å². The van der Waals surface area contributed by atoms with Crippen LogP contribution in [0.25, 0.3) is 0 Å². The third-order valence-electron chi connectivity index (χ3n) is 3.01. The van der Waals surface area contributed by atoms with E-state index in [1.54, 1.807) is 24.3 Å². The number of amides is 1. The maximum Gasteiger partial charge on any atom is 0.251 e. The molecule has 0 radical (unpaired) electrons. The number of nitrogens with one attached hydrogen (secondary N) is 1. The normalized spacial score (nSPS) is 13.4. The minimum atomic E-state index is -0.0555. The van der Waals surface area contributed by atoms with Gasteiger partial charge in [0, 0.05) is 17.3 Å². The van der Waals surface area contributed by atoms with Gasteiger partial charge in [-0.3, -0.25) is 4.79 Å². The van der Waals surface area contributed by atoms with E-state index in [1.165, 1.54) is 0 Å². The zero-order valence-electron chi connectivity index (χ0n) is 10.6. The molecule has 0 fully saturated rings. The van der Waals surface area contributed by atoms with E-state index in [4.69, 9.17) is 5.73 Å². The van der Waals surface area contributed by atoms with E-state index in [0.717, 1.165) is 6.42 Å². The van der Waals surface area contributed by atoms with Crippen LogP contribution < -0.4 is 11.1 Å². The molecule has 1 rings (SSSR count). The largest absolute Gasteiger partial charge is 0.399 e. The van der Waals surface area contributed by atoms with Crippen molar-refractivity contribution in [2.24, 2.45) is 5.92 Å². The van der Waals surface area contributed by atoms with E-state index in [1.807, 2.05) is 6.92 Å². The molecule has 0 heterocycles. The fourth-order valence-electron chi connectivity index (χ4n) is 1.47. The molecule has 1 aromatic rings. The lowest BCUT2D eigenvalue weighted by atomic mass is 10.0. The van der Waals surface area contributed by atoms with Gasteiger partial charge in [0.05, 0.1) is 0 Å². The van der Waals surface area contributed by atoms with Gasteiger partial charge in [-0.1, -0.05) is 26.3 Å². The number of carbonyl (C=O) groups excluding carboxylic acids is 1. The van der Waals surface area contributed by atoms with Crippen molar-refractivity contribution in [3.05, 3.63) is 29.8 Å². The third kappa shape index (κ3) is 4.65. The molecule has 0 aromatic heterocycles. The molecule has 2 unspecified atom stereocenters. The molecule has 96 valence electrons. The van der Waals surface area contributed by atoms with Crippen LogP contribution in [0.15, 0.2) is 24.3 Å². The smallest absolute Gasteiger partial charge is 0.251 e. The van der Waals surface area contributed by atoms with Crippen molar-refractivity contribution in [2.75, 3.05) is 5.73 Å². The zero-order chi connectivity index (χ0) is 12.1. The molecule has 0 saturated heterocycles. The van der Waals surface area contributed by atoms with Crippen molar-refractivity contribution in [1.82, 2.24) is 5.32 Å². The van der Waals surface area contributed by atoms with Gasteiger partial charge in [0.1, 0.15) is 0 Å². The molecule has 1 amide bonds. The summed E-state index contributed by atoms with van der Waals surface area (Å²) in [5, 5.41) is 2.98. The maximum atomic E-state index is 11.9. The van der Waals surface area contributed by atoms with Crippen LogP contribution in [-0.4, -0.2) is 11.9 Å². The highest BCUT2D eigenvalue weighted by Crippen LogP contribution is 2.10. The fraction of sp³-hybridized carbons (Fsp3) is 0.462. The van der Waals surface area contributed by atoms with Crippen molar-refractivity contribution in [3.63, 3.8) is 0 Å². The molecule has 3 N–H and O–H groups in total. The van der Waals surface area contributed by atoms with E-state index in [9.17, 15) is 4.79 Å². The second kappa shape index (κ2) is 7.17. The Morgan fingerprint density at radius 2 is 2.06 bits per heavy atom. The Morgan fingerprint density at radius 3 is 2.59 bits per heavy atom. The number of nitrogen functional groups attached to an aromatic ring is 1. The Balaban J connectivity index is 0.00000256. The second-order valence-electron chi connectivity index (χ2n) is 4.27. The molecule has 0 aliphatic rings. The number of hydrogen-bond donors (Lipinski definition) is 2. The average Bonchev–Trinajstić information content (AvgIpc) is 2.27. The first-order chi connectivity index (χ1) is 7.54. The summed E-state index contributed by atoms with van der Waals surface area (Å²) in [6.07, 6.45) is 1.05. The SMILES string of the molecule is CCC(C)C(C)NC(=O)c1cccc(N)c1.Cl. The van der Waals surface area contributed by atoms with Crippen molar-refractivity contribution >= 4 is 24.0 Å². The van der Waals surface area contributed by atoms with Crippen molar-refractivity contribution in [3.8, 4) is 0 Å². The number of rotatable bonds is 4. The number of nitrogens with two attached hydrogens (primary N) is 1. The lowest BCUT2D eigenvalue weighted by molar-refractivity contribution is 0.0928. The highest BCUT2D eigenvalue weighted by atomic mass is 35.5. The van der Waals surface area contributed by atoms with Gasteiger partial charge >= 0.3 is 0 Å².